The minimum atomic E-state index is -0.0281. The fraction of sp³-hybridized carbons (Fsp3) is 0.333. The molecule has 8 aromatic rings. The predicted molar refractivity (Wildman–Crippen MR) is 295 cm³/mol. The summed E-state index contributed by atoms with van der Waals surface area (Å²) in [4.78, 5) is 5.35. The van der Waals surface area contributed by atoms with Crippen LogP contribution in [-0.4, -0.2) is 6.71 Å². The molecule has 0 radical (unpaired) electrons. The van der Waals surface area contributed by atoms with E-state index in [2.05, 4.69) is 234 Å². The minimum absolute atomic E-state index is 0.0131. The van der Waals surface area contributed by atoms with Gasteiger partial charge in [0.15, 0.2) is 0 Å². The first-order chi connectivity index (χ1) is 31.5. The monoisotopic (exact) mass is 895 g/mol. The Balaban J connectivity index is 1.28. The van der Waals surface area contributed by atoms with Crippen LogP contribution in [-0.2, 0) is 27.1 Å². The Labute approximate surface area is 405 Å². The Bertz CT molecular complexity index is 3320. The van der Waals surface area contributed by atoms with Crippen molar-refractivity contribution in [2.75, 3.05) is 9.80 Å². The zero-order valence-corrected chi connectivity index (χ0v) is 43.2. The van der Waals surface area contributed by atoms with Crippen LogP contribution in [0.25, 0.3) is 32.0 Å². The first kappa shape index (κ1) is 44.0. The molecule has 0 atom stereocenters. The second-order valence-corrected chi connectivity index (χ2v) is 25.7. The molecule has 0 saturated heterocycles. The molecule has 67 heavy (non-hydrogen) atoms. The Hall–Kier alpha value is -5.58. The van der Waals surface area contributed by atoms with E-state index in [9.17, 15) is 0 Å². The van der Waals surface area contributed by atoms with E-state index in [-0.39, 0.29) is 33.8 Å². The highest BCUT2D eigenvalue weighted by molar-refractivity contribution is 7.33. The predicted octanol–water partition coefficient (Wildman–Crippen LogP) is 16.4. The summed E-state index contributed by atoms with van der Waals surface area (Å²) in [6, 6.07) is 50.4. The van der Waals surface area contributed by atoms with Gasteiger partial charge in [0, 0.05) is 43.2 Å². The molecule has 2 nitrogen and oxygen atoms in total. The van der Waals surface area contributed by atoms with Crippen molar-refractivity contribution < 1.29 is 0 Å². The second kappa shape index (κ2) is 14.7. The van der Waals surface area contributed by atoms with Gasteiger partial charge in [0.05, 0.1) is 11.4 Å². The van der Waals surface area contributed by atoms with Crippen LogP contribution in [0.3, 0.4) is 0 Å². The third-order valence-electron chi connectivity index (χ3n) is 15.8. The summed E-state index contributed by atoms with van der Waals surface area (Å²) >= 11 is 2.01. The molecule has 4 heteroatoms. The normalized spacial score (nSPS) is 16.2. The molecule has 3 heterocycles. The summed E-state index contributed by atoms with van der Waals surface area (Å²) < 4.78 is 2.78. The molecule has 3 aliphatic rings. The Morgan fingerprint density at radius 1 is 0.522 bits per heavy atom. The van der Waals surface area contributed by atoms with Gasteiger partial charge >= 0.3 is 0 Å². The van der Waals surface area contributed by atoms with Crippen LogP contribution in [0.5, 0.6) is 0 Å². The first-order valence-electron chi connectivity index (χ1n) is 24.7. The molecule has 7 aromatic carbocycles. The molecule has 0 amide bonds. The Kier molecular flexibility index (Phi) is 9.65. The van der Waals surface area contributed by atoms with Gasteiger partial charge in [-0.15, -0.1) is 11.3 Å². The lowest BCUT2D eigenvalue weighted by Crippen LogP contribution is -2.61. The van der Waals surface area contributed by atoms with E-state index >= 15 is 0 Å². The molecular formula is C63H67BN2S. The average Bonchev–Trinajstić information content (AvgIpc) is 3.65. The summed E-state index contributed by atoms with van der Waals surface area (Å²) in [6.07, 6.45) is 2.33. The van der Waals surface area contributed by atoms with Crippen molar-refractivity contribution >= 4 is 88.7 Å². The van der Waals surface area contributed by atoms with Crippen molar-refractivity contribution in [1.29, 1.82) is 0 Å². The largest absolute Gasteiger partial charge is 0.311 e. The Morgan fingerprint density at radius 2 is 1.10 bits per heavy atom. The first-order valence-corrected chi connectivity index (χ1v) is 25.6. The smallest absolute Gasteiger partial charge is 0.264 e. The lowest BCUT2D eigenvalue weighted by molar-refractivity contribution is 0.332. The second-order valence-electron chi connectivity index (χ2n) is 24.7. The number of hydrogen-bond acceptors (Lipinski definition) is 3. The van der Waals surface area contributed by atoms with Crippen molar-refractivity contribution in [3.05, 3.63) is 161 Å². The summed E-state index contributed by atoms with van der Waals surface area (Å²) in [5.74, 6) is 0. The number of rotatable bonds is 3. The van der Waals surface area contributed by atoms with Crippen molar-refractivity contribution in [3.63, 3.8) is 0 Å². The molecule has 2 aliphatic heterocycles. The lowest BCUT2D eigenvalue weighted by atomic mass is 9.35. The van der Waals surface area contributed by atoms with Crippen LogP contribution >= 0.6 is 11.3 Å². The van der Waals surface area contributed by atoms with Crippen LogP contribution in [0.2, 0.25) is 0 Å². The maximum Gasteiger partial charge on any atom is 0.264 e. The number of thiophene rings is 1. The minimum Gasteiger partial charge on any atom is -0.311 e. The zero-order valence-electron chi connectivity index (χ0n) is 42.4. The van der Waals surface area contributed by atoms with Crippen molar-refractivity contribution in [1.82, 2.24) is 0 Å². The summed E-state index contributed by atoms with van der Waals surface area (Å²) in [6.45, 7) is 33.3. The molecule has 1 aliphatic carbocycles. The van der Waals surface area contributed by atoms with Gasteiger partial charge in [-0.3, -0.25) is 0 Å². The van der Waals surface area contributed by atoms with Gasteiger partial charge in [-0.1, -0.05) is 157 Å². The lowest BCUT2D eigenvalue weighted by Gasteiger charge is -2.47. The maximum absolute atomic E-state index is 2.70. The van der Waals surface area contributed by atoms with E-state index in [0.717, 1.165) is 6.42 Å². The summed E-state index contributed by atoms with van der Waals surface area (Å²) in [5, 5.41) is 3.87. The van der Waals surface area contributed by atoms with Crippen LogP contribution in [0.15, 0.2) is 127 Å². The van der Waals surface area contributed by atoms with Gasteiger partial charge in [-0.25, -0.2) is 0 Å². The molecule has 338 valence electrons. The van der Waals surface area contributed by atoms with E-state index in [4.69, 9.17) is 0 Å². The van der Waals surface area contributed by atoms with E-state index < -0.39 is 0 Å². The van der Waals surface area contributed by atoms with Crippen LogP contribution in [0, 0.1) is 6.92 Å². The summed E-state index contributed by atoms with van der Waals surface area (Å²) in [7, 11) is 0. The van der Waals surface area contributed by atoms with Crippen LogP contribution < -0.4 is 25.5 Å². The number of anilines is 6. The molecule has 11 rings (SSSR count). The average molecular weight is 895 g/mol. The quantitative estimate of drug-likeness (QED) is 0.163. The number of fused-ring (bicyclic) bond motifs is 8. The topological polar surface area (TPSA) is 6.48 Å². The van der Waals surface area contributed by atoms with Gasteiger partial charge in [0.25, 0.3) is 6.71 Å². The van der Waals surface area contributed by atoms with E-state index in [1.165, 1.54) is 122 Å². The van der Waals surface area contributed by atoms with E-state index in [1.54, 1.807) is 0 Å². The number of nitrogens with zero attached hydrogens (tertiary/aromatic N) is 2. The third-order valence-corrected chi connectivity index (χ3v) is 17.0. The number of hydrogen-bond donors (Lipinski definition) is 0. The van der Waals surface area contributed by atoms with Gasteiger partial charge < -0.3 is 9.80 Å². The van der Waals surface area contributed by atoms with Crippen molar-refractivity contribution in [2.24, 2.45) is 0 Å². The highest BCUT2D eigenvalue weighted by Crippen LogP contribution is 2.53. The molecule has 0 unspecified atom stereocenters. The Morgan fingerprint density at radius 3 is 1.76 bits per heavy atom. The van der Waals surface area contributed by atoms with E-state index in [0.29, 0.717) is 0 Å². The molecular weight excluding hydrogens is 828 g/mol. The number of aryl methyl sites for hydroxylation is 1. The van der Waals surface area contributed by atoms with E-state index in [1.807, 2.05) is 11.3 Å². The molecule has 0 fully saturated rings. The summed E-state index contributed by atoms with van der Waals surface area (Å²) in [5.41, 5.74) is 21.4. The molecule has 0 saturated carbocycles. The third kappa shape index (κ3) is 7.02. The highest BCUT2D eigenvalue weighted by Gasteiger charge is 2.48. The van der Waals surface area contributed by atoms with Gasteiger partial charge in [-0.05, 0) is 168 Å². The standard InChI is InChI=1S/C63H67BN2S/c1-38-31-53-56-54(32-38)66(51-27-23-43(60(5,6)7)34-46(51)41-20-19-39-17-15-16-18-40(39)33-41)52-37-49-48(62(11,12)29-30-63(49,13)14)36-50(52)64(56)58-57(47-35-44(61(8,9)10)24-28-55(47)67-58)65(53)45-25-21-42(22-26-45)59(2,3)4/h15-28,31-37H,29-30H2,1-14H3. The van der Waals surface area contributed by atoms with Crippen molar-refractivity contribution in [2.45, 2.75) is 137 Å². The van der Waals surface area contributed by atoms with Gasteiger partial charge in [0.2, 0.25) is 0 Å². The zero-order chi connectivity index (χ0) is 47.3. The van der Waals surface area contributed by atoms with Crippen molar-refractivity contribution in [3.8, 4) is 11.1 Å². The number of benzene rings is 7. The van der Waals surface area contributed by atoms with Gasteiger partial charge in [-0.2, -0.15) is 0 Å². The fourth-order valence-corrected chi connectivity index (χ4v) is 12.9. The molecule has 0 bridgehead atoms. The molecule has 1 aromatic heterocycles. The maximum atomic E-state index is 2.70. The fourth-order valence-electron chi connectivity index (χ4n) is 11.6. The van der Waals surface area contributed by atoms with Crippen LogP contribution in [0.1, 0.15) is 136 Å². The molecule has 0 N–H and O–H groups in total. The molecule has 0 spiro atoms. The highest BCUT2D eigenvalue weighted by atomic mass is 32.1. The van der Waals surface area contributed by atoms with Gasteiger partial charge in [0.1, 0.15) is 0 Å². The van der Waals surface area contributed by atoms with Crippen LogP contribution in [0.4, 0.5) is 34.1 Å². The SMILES string of the molecule is Cc1cc2c3c(c1)N(c1ccc(C(C)(C)C)cc1)c1c(sc4ccc(C(C)(C)C)cc14)B3c1cc3c(cc1N2c1ccc(C(C)(C)C)cc1-c1ccc2ccccc2c1)C(C)(C)CCC3(C)C.